The third-order valence-corrected chi connectivity index (χ3v) is 9.13. The summed E-state index contributed by atoms with van der Waals surface area (Å²) in [5.41, 5.74) is 2.19. The summed E-state index contributed by atoms with van der Waals surface area (Å²) in [5.74, 6) is 3.21. The molecule has 0 N–H and O–H groups in total. The number of rotatable bonds is 5. The predicted octanol–water partition coefficient (Wildman–Crippen LogP) is 7.69. The van der Waals surface area contributed by atoms with Crippen molar-refractivity contribution in [3.8, 4) is 0 Å². The monoisotopic (exact) mass is 438 g/mol. The van der Waals surface area contributed by atoms with Gasteiger partial charge in [0.25, 0.3) is 0 Å². The molecule has 1 nitrogen and oxygen atoms in total. The molecule has 2 fully saturated rings. The number of hydrogen-bond acceptors (Lipinski definition) is 1. The lowest BCUT2D eigenvalue weighted by atomic mass is 9.61. The number of allylic oxidation sites excluding steroid dienone is 2. The Balaban J connectivity index is 1.63. The van der Waals surface area contributed by atoms with Crippen LogP contribution in [-0.4, -0.2) is 13.9 Å². The fourth-order valence-electron chi connectivity index (χ4n) is 6.72. The van der Waals surface area contributed by atoms with Gasteiger partial charge in [0.1, 0.15) is 0 Å². The third-order valence-electron chi connectivity index (χ3n) is 7.47. The number of fused-ring (bicyclic) bond motifs is 1. The van der Waals surface area contributed by atoms with Gasteiger partial charge in [0.2, 0.25) is 0 Å². The van der Waals surface area contributed by atoms with Crippen LogP contribution in [0.4, 0.5) is 0 Å². The Labute approximate surface area is 171 Å². The molecule has 0 aromatic heterocycles. The van der Waals surface area contributed by atoms with Crippen LogP contribution in [0, 0.1) is 29.1 Å². The van der Waals surface area contributed by atoms with Crippen molar-refractivity contribution in [2.24, 2.45) is 29.1 Å². The minimum absolute atomic E-state index is 0.0202. The molecule has 2 saturated carbocycles. The van der Waals surface area contributed by atoms with Crippen LogP contribution < -0.4 is 0 Å². The van der Waals surface area contributed by atoms with Crippen LogP contribution in [0.1, 0.15) is 65.7 Å². The minimum atomic E-state index is -1.50. The van der Waals surface area contributed by atoms with E-state index in [1.807, 2.05) is 0 Å². The molecule has 6 atom stereocenters. The highest BCUT2D eigenvalue weighted by Crippen LogP contribution is 2.60. The molecule has 0 amide bonds. The first-order chi connectivity index (χ1) is 12.1. The standard InChI is InChI=1S/C23H39BrOSi/c1-17(14-18-11-13-22(2,15-18)25-26(4,5)6)20-9-10-21-19(16-24)8-7-12-23(20,21)3/h11,13,16-18,20-21H,7-10,12,14-15H2,1-6H3/b19-16+/t17-,18-,20-,21?,22-,23-/m1/s1. The highest BCUT2D eigenvalue weighted by Gasteiger charge is 2.51. The molecule has 3 heteroatoms. The maximum atomic E-state index is 6.50. The van der Waals surface area contributed by atoms with Gasteiger partial charge in [-0.2, -0.15) is 0 Å². The summed E-state index contributed by atoms with van der Waals surface area (Å²) in [6.07, 6.45) is 14.3. The molecule has 0 aromatic rings. The van der Waals surface area contributed by atoms with Crippen molar-refractivity contribution < 1.29 is 4.43 Å². The van der Waals surface area contributed by atoms with Gasteiger partial charge < -0.3 is 4.43 Å². The normalized spacial score (nSPS) is 43.0. The fraction of sp³-hybridized carbons (Fsp3) is 0.826. The molecule has 148 valence electrons. The zero-order valence-corrected chi connectivity index (χ0v) is 20.4. The van der Waals surface area contributed by atoms with Gasteiger partial charge in [-0.05, 0) is 106 Å². The number of halogens is 1. The Hall–Kier alpha value is 0.137. The lowest BCUT2D eigenvalue weighted by Gasteiger charge is -2.44. The molecular formula is C23H39BrOSi. The smallest absolute Gasteiger partial charge is 0.184 e. The van der Waals surface area contributed by atoms with E-state index in [0.717, 1.165) is 17.8 Å². The lowest BCUT2D eigenvalue weighted by molar-refractivity contribution is 0.0811. The molecule has 1 unspecified atom stereocenters. The van der Waals surface area contributed by atoms with Crippen molar-refractivity contribution in [3.63, 3.8) is 0 Å². The first kappa shape index (κ1) is 20.9. The van der Waals surface area contributed by atoms with Gasteiger partial charge in [-0.15, -0.1) is 0 Å². The SMILES string of the molecule is C[C@H](C[C@H]1C=C[C@@](C)(O[Si](C)(C)C)C1)[C@H]1CCC2/C(=C/Br)CCC[C@@]21C. The summed E-state index contributed by atoms with van der Waals surface area (Å²) in [6, 6.07) is 0. The second-order valence-electron chi connectivity index (χ2n) is 10.8. The minimum Gasteiger partial charge on any atom is -0.409 e. The van der Waals surface area contributed by atoms with E-state index >= 15 is 0 Å². The molecule has 26 heavy (non-hydrogen) atoms. The lowest BCUT2D eigenvalue weighted by Crippen LogP contribution is -2.39. The largest absolute Gasteiger partial charge is 0.409 e. The van der Waals surface area contributed by atoms with Crippen LogP contribution in [-0.2, 0) is 4.43 Å². The second kappa shape index (κ2) is 7.52. The molecule has 0 aliphatic heterocycles. The van der Waals surface area contributed by atoms with Gasteiger partial charge in [0.15, 0.2) is 8.32 Å². The zero-order valence-electron chi connectivity index (χ0n) is 17.8. The van der Waals surface area contributed by atoms with Crippen molar-refractivity contribution in [2.45, 2.75) is 91.0 Å². The van der Waals surface area contributed by atoms with Crippen LogP contribution in [0.2, 0.25) is 19.6 Å². The zero-order chi connectivity index (χ0) is 19.2. The molecule has 3 rings (SSSR count). The second-order valence-corrected chi connectivity index (χ2v) is 15.7. The average Bonchev–Trinajstić information content (AvgIpc) is 3.04. The molecular weight excluding hydrogens is 400 g/mol. The molecule has 3 aliphatic rings. The van der Waals surface area contributed by atoms with Gasteiger partial charge >= 0.3 is 0 Å². The summed E-state index contributed by atoms with van der Waals surface area (Å²) in [4.78, 5) is 2.25. The van der Waals surface area contributed by atoms with E-state index in [4.69, 9.17) is 4.43 Å². The van der Waals surface area contributed by atoms with E-state index in [-0.39, 0.29) is 5.60 Å². The first-order valence-corrected chi connectivity index (χ1v) is 15.1. The van der Waals surface area contributed by atoms with Crippen molar-refractivity contribution in [1.29, 1.82) is 0 Å². The van der Waals surface area contributed by atoms with E-state index in [0.29, 0.717) is 11.3 Å². The Morgan fingerprint density at radius 3 is 2.69 bits per heavy atom. The van der Waals surface area contributed by atoms with Gasteiger partial charge in [0.05, 0.1) is 5.60 Å². The summed E-state index contributed by atoms with van der Waals surface area (Å²) in [5, 5.41) is 0. The van der Waals surface area contributed by atoms with E-state index in [1.165, 1.54) is 44.9 Å². The van der Waals surface area contributed by atoms with Gasteiger partial charge in [0, 0.05) is 0 Å². The average molecular weight is 440 g/mol. The highest BCUT2D eigenvalue weighted by molar-refractivity contribution is 9.11. The molecule has 0 aromatic carbocycles. The maximum absolute atomic E-state index is 6.50. The van der Waals surface area contributed by atoms with Crippen molar-refractivity contribution in [1.82, 2.24) is 0 Å². The molecule has 3 aliphatic carbocycles. The Morgan fingerprint density at radius 2 is 2.04 bits per heavy atom. The Kier molecular flexibility index (Phi) is 6.03. The van der Waals surface area contributed by atoms with Crippen LogP contribution in [0.5, 0.6) is 0 Å². The Bertz CT molecular complexity index is 577. The van der Waals surface area contributed by atoms with Crippen LogP contribution >= 0.6 is 15.9 Å². The summed E-state index contributed by atoms with van der Waals surface area (Å²) >= 11 is 3.65. The first-order valence-electron chi connectivity index (χ1n) is 10.7. The van der Waals surface area contributed by atoms with Gasteiger partial charge in [-0.25, -0.2) is 0 Å². The topological polar surface area (TPSA) is 9.23 Å². The van der Waals surface area contributed by atoms with Crippen molar-refractivity contribution in [3.05, 3.63) is 22.7 Å². The fourth-order valence-corrected chi connectivity index (χ4v) is 8.82. The number of hydrogen-bond donors (Lipinski definition) is 0. The summed E-state index contributed by atoms with van der Waals surface area (Å²) in [7, 11) is -1.50. The van der Waals surface area contributed by atoms with Crippen LogP contribution in [0.15, 0.2) is 22.7 Å². The van der Waals surface area contributed by atoms with E-state index in [9.17, 15) is 0 Å². The third kappa shape index (κ3) is 4.25. The Morgan fingerprint density at radius 1 is 1.31 bits per heavy atom. The maximum Gasteiger partial charge on any atom is 0.184 e. The summed E-state index contributed by atoms with van der Waals surface area (Å²) in [6.45, 7) is 14.4. The molecule has 0 heterocycles. The van der Waals surface area contributed by atoms with Crippen LogP contribution in [0.25, 0.3) is 0 Å². The van der Waals surface area contributed by atoms with Crippen molar-refractivity contribution in [2.75, 3.05) is 0 Å². The van der Waals surface area contributed by atoms with E-state index in [2.05, 4.69) is 73.5 Å². The quantitative estimate of drug-likeness (QED) is 0.315. The van der Waals surface area contributed by atoms with Gasteiger partial charge in [-0.1, -0.05) is 47.5 Å². The van der Waals surface area contributed by atoms with Gasteiger partial charge in [-0.3, -0.25) is 0 Å². The predicted molar refractivity (Wildman–Crippen MR) is 119 cm³/mol. The molecule has 0 saturated heterocycles. The van der Waals surface area contributed by atoms with E-state index in [1.54, 1.807) is 5.57 Å². The van der Waals surface area contributed by atoms with Crippen molar-refractivity contribution >= 4 is 24.2 Å². The summed E-state index contributed by atoms with van der Waals surface area (Å²) < 4.78 is 6.50. The molecule has 0 spiro atoms. The van der Waals surface area contributed by atoms with Crippen LogP contribution in [0.3, 0.4) is 0 Å². The molecule has 0 bridgehead atoms. The van der Waals surface area contributed by atoms with E-state index < -0.39 is 8.32 Å². The highest BCUT2D eigenvalue weighted by atomic mass is 79.9. The molecule has 0 radical (unpaired) electrons.